The average molecular weight is 384 g/mol. The SMILES string of the molecule is COc1ccc(OC)c2c1C[C@@]1(Cc3cccc(C=O)c3C1)[C@@H]2c1ccccc1. The third-order valence-electron chi connectivity index (χ3n) is 6.78. The van der Waals surface area contributed by atoms with Crippen LogP contribution in [-0.2, 0) is 19.3 Å². The highest BCUT2D eigenvalue weighted by molar-refractivity contribution is 5.79. The Morgan fingerprint density at radius 1 is 0.828 bits per heavy atom. The highest BCUT2D eigenvalue weighted by Crippen LogP contribution is 2.61. The number of carbonyl (C=O) groups is 1. The third kappa shape index (κ3) is 2.61. The second-order valence-electron chi connectivity index (χ2n) is 8.20. The number of hydrogen-bond acceptors (Lipinski definition) is 3. The first-order valence-corrected chi connectivity index (χ1v) is 10.1. The van der Waals surface area contributed by atoms with E-state index in [4.69, 9.17) is 9.47 Å². The van der Waals surface area contributed by atoms with E-state index >= 15 is 0 Å². The maximum absolute atomic E-state index is 11.7. The standard InChI is InChI=1S/C26H24O3/c1-28-22-11-12-23(29-2)24-21(22)15-26(25(24)17-7-4-3-5-8-17)13-18-9-6-10-19(16-27)20(18)14-26/h3-12,16,25H,13-15H2,1-2H3/t25-,26+/m1/s1. The van der Waals surface area contributed by atoms with E-state index in [0.29, 0.717) is 0 Å². The molecule has 0 heterocycles. The predicted octanol–water partition coefficient (Wildman–Crippen LogP) is 4.99. The molecule has 2 atom stereocenters. The molecule has 2 aliphatic rings. The molecule has 146 valence electrons. The average Bonchev–Trinajstić information content (AvgIpc) is 3.30. The molecule has 0 saturated heterocycles. The highest BCUT2D eigenvalue weighted by Gasteiger charge is 2.52. The van der Waals surface area contributed by atoms with Crippen molar-refractivity contribution in [2.24, 2.45) is 5.41 Å². The second-order valence-corrected chi connectivity index (χ2v) is 8.20. The molecule has 3 nitrogen and oxygen atoms in total. The fraction of sp³-hybridized carbons (Fsp3) is 0.269. The normalized spacial score (nSPS) is 21.7. The molecule has 0 N–H and O–H groups in total. The topological polar surface area (TPSA) is 35.5 Å². The fourth-order valence-corrected chi connectivity index (χ4v) is 5.69. The molecule has 3 heteroatoms. The van der Waals surface area contributed by atoms with Crippen LogP contribution in [0.25, 0.3) is 0 Å². The Balaban J connectivity index is 1.74. The summed E-state index contributed by atoms with van der Waals surface area (Å²) < 4.78 is 11.6. The molecule has 1 spiro atoms. The Morgan fingerprint density at radius 3 is 2.28 bits per heavy atom. The molecule has 0 radical (unpaired) electrons. The van der Waals surface area contributed by atoms with Crippen molar-refractivity contribution in [1.82, 2.24) is 0 Å². The van der Waals surface area contributed by atoms with E-state index in [1.54, 1.807) is 14.2 Å². The van der Waals surface area contributed by atoms with Gasteiger partial charge < -0.3 is 9.47 Å². The third-order valence-corrected chi connectivity index (χ3v) is 6.78. The summed E-state index contributed by atoms with van der Waals surface area (Å²) in [6, 6.07) is 20.8. The lowest BCUT2D eigenvalue weighted by molar-refractivity contribution is 0.112. The van der Waals surface area contributed by atoms with Crippen LogP contribution in [0.3, 0.4) is 0 Å². The number of benzene rings is 3. The number of carbonyl (C=O) groups excluding carboxylic acids is 1. The summed E-state index contributed by atoms with van der Waals surface area (Å²) in [6.45, 7) is 0. The van der Waals surface area contributed by atoms with Crippen LogP contribution in [0.5, 0.6) is 11.5 Å². The van der Waals surface area contributed by atoms with Crippen LogP contribution in [0.15, 0.2) is 60.7 Å². The van der Waals surface area contributed by atoms with Crippen molar-refractivity contribution in [2.45, 2.75) is 25.2 Å². The lowest BCUT2D eigenvalue weighted by Gasteiger charge is -2.32. The lowest BCUT2D eigenvalue weighted by atomic mass is 9.70. The molecule has 3 aromatic carbocycles. The maximum Gasteiger partial charge on any atom is 0.150 e. The molecule has 0 aromatic heterocycles. The van der Waals surface area contributed by atoms with E-state index in [0.717, 1.165) is 42.6 Å². The first-order chi connectivity index (χ1) is 14.2. The van der Waals surface area contributed by atoms with Gasteiger partial charge in [0.25, 0.3) is 0 Å². The second kappa shape index (κ2) is 6.77. The van der Waals surface area contributed by atoms with E-state index in [1.807, 2.05) is 24.3 Å². The molecule has 0 fully saturated rings. The van der Waals surface area contributed by atoms with E-state index in [2.05, 4.69) is 36.4 Å². The molecule has 0 aliphatic heterocycles. The molecule has 29 heavy (non-hydrogen) atoms. The zero-order valence-corrected chi connectivity index (χ0v) is 16.8. The maximum atomic E-state index is 11.7. The Hall–Kier alpha value is -3.07. The van der Waals surface area contributed by atoms with Gasteiger partial charge in [-0.25, -0.2) is 0 Å². The molecular weight excluding hydrogens is 360 g/mol. The van der Waals surface area contributed by atoms with Crippen molar-refractivity contribution in [1.29, 1.82) is 0 Å². The number of hydrogen-bond donors (Lipinski definition) is 0. The molecule has 0 amide bonds. The Bertz CT molecular complexity index is 1090. The summed E-state index contributed by atoms with van der Waals surface area (Å²) in [6.07, 6.45) is 3.75. The molecule has 0 unspecified atom stereocenters. The van der Waals surface area contributed by atoms with Crippen molar-refractivity contribution in [2.75, 3.05) is 14.2 Å². The van der Waals surface area contributed by atoms with Crippen LogP contribution in [0, 0.1) is 5.41 Å². The minimum absolute atomic E-state index is 0.0208. The number of aldehydes is 1. The van der Waals surface area contributed by atoms with Gasteiger partial charge in [-0.05, 0) is 53.5 Å². The minimum Gasteiger partial charge on any atom is -0.496 e. The van der Waals surface area contributed by atoms with Gasteiger partial charge in [-0.1, -0.05) is 48.5 Å². The van der Waals surface area contributed by atoms with Gasteiger partial charge in [0, 0.05) is 22.6 Å². The predicted molar refractivity (Wildman–Crippen MR) is 113 cm³/mol. The first kappa shape index (κ1) is 18.0. The Kier molecular flexibility index (Phi) is 4.20. The van der Waals surface area contributed by atoms with Gasteiger partial charge in [0.2, 0.25) is 0 Å². The number of rotatable bonds is 4. The monoisotopic (exact) mass is 384 g/mol. The summed E-state index contributed by atoms with van der Waals surface area (Å²) in [5.41, 5.74) is 7.06. The van der Waals surface area contributed by atoms with Crippen LogP contribution in [0.4, 0.5) is 0 Å². The van der Waals surface area contributed by atoms with Crippen LogP contribution >= 0.6 is 0 Å². The number of methoxy groups -OCH3 is 2. The Labute approximate surface area is 171 Å². The molecule has 5 rings (SSSR count). The van der Waals surface area contributed by atoms with Gasteiger partial charge in [0.05, 0.1) is 14.2 Å². The summed E-state index contributed by atoms with van der Waals surface area (Å²) >= 11 is 0. The van der Waals surface area contributed by atoms with Gasteiger partial charge >= 0.3 is 0 Å². The van der Waals surface area contributed by atoms with Crippen molar-refractivity contribution < 1.29 is 14.3 Å². The van der Waals surface area contributed by atoms with Crippen LogP contribution in [0.2, 0.25) is 0 Å². The fourth-order valence-electron chi connectivity index (χ4n) is 5.69. The van der Waals surface area contributed by atoms with Gasteiger partial charge in [0.15, 0.2) is 0 Å². The Morgan fingerprint density at radius 2 is 1.55 bits per heavy atom. The van der Waals surface area contributed by atoms with E-state index in [9.17, 15) is 4.79 Å². The van der Waals surface area contributed by atoms with E-state index < -0.39 is 0 Å². The molecule has 0 bridgehead atoms. The van der Waals surface area contributed by atoms with Crippen LogP contribution < -0.4 is 9.47 Å². The zero-order chi connectivity index (χ0) is 20.0. The quantitative estimate of drug-likeness (QED) is 0.595. The largest absolute Gasteiger partial charge is 0.496 e. The summed E-state index contributed by atoms with van der Waals surface area (Å²) in [4.78, 5) is 11.7. The zero-order valence-electron chi connectivity index (χ0n) is 16.8. The van der Waals surface area contributed by atoms with Gasteiger partial charge in [0.1, 0.15) is 17.8 Å². The minimum atomic E-state index is -0.0208. The van der Waals surface area contributed by atoms with Crippen molar-refractivity contribution >= 4 is 6.29 Å². The van der Waals surface area contributed by atoms with Gasteiger partial charge in [-0.2, -0.15) is 0 Å². The van der Waals surface area contributed by atoms with E-state index in [1.165, 1.54) is 27.8 Å². The van der Waals surface area contributed by atoms with Crippen molar-refractivity contribution in [3.05, 3.63) is 94.0 Å². The van der Waals surface area contributed by atoms with Gasteiger partial charge in [-0.15, -0.1) is 0 Å². The van der Waals surface area contributed by atoms with E-state index in [-0.39, 0.29) is 11.3 Å². The molecule has 2 aliphatic carbocycles. The van der Waals surface area contributed by atoms with Crippen molar-refractivity contribution in [3.63, 3.8) is 0 Å². The van der Waals surface area contributed by atoms with Crippen LogP contribution in [-0.4, -0.2) is 20.5 Å². The molecular formula is C26H24O3. The molecule has 3 aromatic rings. The lowest BCUT2D eigenvalue weighted by Crippen LogP contribution is -2.28. The van der Waals surface area contributed by atoms with Gasteiger partial charge in [-0.3, -0.25) is 4.79 Å². The smallest absolute Gasteiger partial charge is 0.150 e. The number of fused-ring (bicyclic) bond motifs is 2. The first-order valence-electron chi connectivity index (χ1n) is 10.1. The van der Waals surface area contributed by atoms with Crippen LogP contribution in [0.1, 0.15) is 44.1 Å². The van der Waals surface area contributed by atoms with Crippen molar-refractivity contribution in [3.8, 4) is 11.5 Å². The molecule has 0 saturated carbocycles. The summed E-state index contributed by atoms with van der Waals surface area (Å²) in [5.74, 6) is 2.03. The number of ether oxygens (including phenoxy) is 2. The summed E-state index contributed by atoms with van der Waals surface area (Å²) in [5, 5.41) is 0. The highest BCUT2D eigenvalue weighted by atomic mass is 16.5. The summed E-state index contributed by atoms with van der Waals surface area (Å²) in [7, 11) is 3.47.